The van der Waals surface area contributed by atoms with Crippen LogP contribution in [0.25, 0.3) is 0 Å². The molecule has 1 aliphatic rings. The van der Waals surface area contributed by atoms with Gasteiger partial charge in [-0.2, -0.15) is 0 Å². The van der Waals surface area contributed by atoms with Crippen molar-refractivity contribution in [2.75, 3.05) is 11.9 Å². The fraction of sp³-hybridized carbons (Fsp3) is 0.562. The lowest BCUT2D eigenvalue weighted by Crippen LogP contribution is -2.31. The molecule has 1 unspecified atom stereocenters. The van der Waals surface area contributed by atoms with Crippen molar-refractivity contribution in [2.45, 2.75) is 45.6 Å². The highest BCUT2D eigenvalue weighted by Crippen LogP contribution is 2.36. The van der Waals surface area contributed by atoms with Crippen LogP contribution >= 0.6 is 0 Å². The number of carbonyl (C=O) groups excluding carboxylic acids is 1. The molecule has 0 bridgehead atoms. The van der Waals surface area contributed by atoms with Gasteiger partial charge in [0.2, 0.25) is 0 Å². The van der Waals surface area contributed by atoms with Gasteiger partial charge in [0.25, 0.3) is 5.91 Å². The van der Waals surface area contributed by atoms with Crippen molar-refractivity contribution in [1.29, 1.82) is 0 Å². The van der Waals surface area contributed by atoms with E-state index in [0.717, 1.165) is 5.69 Å². The smallest absolute Gasteiger partial charge is 0.255 e. The van der Waals surface area contributed by atoms with Crippen molar-refractivity contribution in [1.82, 2.24) is 0 Å². The van der Waals surface area contributed by atoms with Crippen molar-refractivity contribution in [3.05, 3.63) is 24.3 Å². The molecule has 1 aromatic carbocycles. The Morgan fingerprint density at radius 2 is 2.30 bits per heavy atom. The highest BCUT2D eigenvalue weighted by Gasteiger charge is 2.27. The first kappa shape index (κ1) is 14.7. The molecular weight excluding hydrogens is 252 g/mol. The summed E-state index contributed by atoms with van der Waals surface area (Å²) >= 11 is 0. The minimum Gasteiger partial charge on any atom is -0.484 e. The average molecular weight is 276 g/mol. The average Bonchev–Trinajstić information content (AvgIpc) is 2.35. The van der Waals surface area contributed by atoms with Crippen LogP contribution in [0, 0.1) is 5.41 Å². The number of hydrogen-bond acceptors (Lipinski definition) is 3. The number of hydrogen-bond donors (Lipinski definition) is 2. The van der Waals surface area contributed by atoms with Crippen molar-refractivity contribution in [2.24, 2.45) is 11.1 Å². The van der Waals surface area contributed by atoms with Gasteiger partial charge in [0, 0.05) is 17.8 Å². The quantitative estimate of drug-likeness (QED) is 0.869. The Hall–Kier alpha value is -1.71. The van der Waals surface area contributed by atoms with Crippen LogP contribution in [0.3, 0.4) is 0 Å². The van der Waals surface area contributed by atoms with E-state index in [1.54, 1.807) is 0 Å². The number of nitrogens with two attached hydrogens (primary N) is 1. The van der Waals surface area contributed by atoms with Crippen LogP contribution < -0.4 is 15.8 Å². The van der Waals surface area contributed by atoms with Crippen molar-refractivity contribution < 1.29 is 9.53 Å². The summed E-state index contributed by atoms with van der Waals surface area (Å²) in [6.07, 6.45) is 4.95. The van der Waals surface area contributed by atoms with E-state index in [-0.39, 0.29) is 6.61 Å². The molecule has 1 aliphatic carbocycles. The number of anilines is 1. The molecule has 110 valence electrons. The fourth-order valence-electron chi connectivity index (χ4n) is 2.89. The van der Waals surface area contributed by atoms with Gasteiger partial charge < -0.3 is 15.8 Å². The van der Waals surface area contributed by atoms with Crippen molar-refractivity contribution in [3.8, 4) is 5.75 Å². The van der Waals surface area contributed by atoms with Crippen LogP contribution in [-0.4, -0.2) is 18.6 Å². The number of benzene rings is 1. The Bertz CT molecular complexity index is 471. The van der Waals surface area contributed by atoms with Gasteiger partial charge in [0.15, 0.2) is 6.61 Å². The minimum atomic E-state index is -0.461. The Balaban J connectivity index is 1.95. The molecule has 1 aromatic rings. The highest BCUT2D eigenvalue weighted by molar-refractivity contribution is 5.75. The van der Waals surface area contributed by atoms with Gasteiger partial charge in [0.05, 0.1) is 0 Å². The van der Waals surface area contributed by atoms with Crippen LogP contribution in [0.1, 0.15) is 39.5 Å². The molecule has 0 saturated heterocycles. The monoisotopic (exact) mass is 276 g/mol. The molecule has 1 amide bonds. The number of primary amides is 1. The van der Waals surface area contributed by atoms with E-state index in [2.05, 4.69) is 19.2 Å². The van der Waals surface area contributed by atoms with E-state index in [0.29, 0.717) is 17.2 Å². The molecule has 1 fully saturated rings. The lowest BCUT2D eigenvalue weighted by Gasteiger charge is -2.36. The molecule has 4 heteroatoms. The first-order valence-corrected chi connectivity index (χ1v) is 7.22. The second-order valence-corrected chi connectivity index (χ2v) is 6.38. The van der Waals surface area contributed by atoms with Crippen molar-refractivity contribution >= 4 is 11.6 Å². The third kappa shape index (κ3) is 4.44. The molecule has 0 aliphatic heterocycles. The van der Waals surface area contributed by atoms with Crippen molar-refractivity contribution in [3.63, 3.8) is 0 Å². The van der Waals surface area contributed by atoms with E-state index >= 15 is 0 Å². The van der Waals surface area contributed by atoms with Gasteiger partial charge in [-0.15, -0.1) is 0 Å². The summed E-state index contributed by atoms with van der Waals surface area (Å²) in [5, 5.41) is 3.57. The number of nitrogens with one attached hydrogen (secondary N) is 1. The molecule has 3 N–H and O–H groups in total. The second-order valence-electron chi connectivity index (χ2n) is 6.38. The molecule has 2 rings (SSSR count). The molecule has 0 aromatic heterocycles. The van der Waals surface area contributed by atoms with E-state index in [9.17, 15) is 4.79 Å². The summed E-state index contributed by atoms with van der Waals surface area (Å²) in [4.78, 5) is 10.7. The largest absolute Gasteiger partial charge is 0.484 e. The number of ether oxygens (including phenoxy) is 1. The van der Waals surface area contributed by atoms with Crippen LogP contribution in [0.5, 0.6) is 5.75 Å². The zero-order valence-corrected chi connectivity index (χ0v) is 12.3. The summed E-state index contributed by atoms with van der Waals surface area (Å²) in [6.45, 7) is 4.57. The summed E-state index contributed by atoms with van der Waals surface area (Å²) in [5.74, 6) is 0.210. The summed E-state index contributed by atoms with van der Waals surface area (Å²) in [6, 6.07) is 8.21. The SMILES string of the molecule is CC1(C)CCCC(Nc2cccc(OCC(N)=O)c2)C1. The van der Waals surface area contributed by atoms with Gasteiger partial charge >= 0.3 is 0 Å². The Labute approximate surface area is 120 Å². The van der Waals surface area contributed by atoms with Gasteiger partial charge in [-0.3, -0.25) is 4.79 Å². The molecule has 4 nitrogen and oxygen atoms in total. The summed E-state index contributed by atoms with van der Waals surface area (Å²) < 4.78 is 5.32. The van der Waals surface area contributed by atoms with Gasteiger partial charge in [0.1, 0.15) is 5.75 Å². The minimum absolute atomic E-state index is 0.0834. The topological polar surface area (TPSA) is 64.3 Å². The van der Waals surface area contributed by atoms with E-state index < -0.39 is 5.91 Å². The third-order valence-electron chi connectivity index (χ3n) is 3.79. The van der Waals surface area contributed by atoms with Crippen LogP contribution in [0.2, 0.25) is 0 Å². The predicted octanol–water partition coefficient (Wildman–Crippen LogP) is 2.93. The number of carbonyl (C=O) groups is 1. The maximum atomic E-state index is 10.7. The maximum Gasteiger partial charge on any atom is 0.255 e. The first-order valence-electron chi connectivity index (χ1n) is 7.22. The van der Waals surface area contributed by atoms with Gasteiger partial charge in [-0.25, -0.2) is 0 Å². The fourth-order valence-corrected chi connectivity index (χ4v) is 2.89. The van der Waals surface area contributed by atoms with E-state index in [4.69, 9.17) is 10.5 Å². The lowest BCUT2D eigenvalue weighted by molar-refractivity contribution is -0.119. The Kier molecular flexibility index (Phi) is 4.53. The molecular formula is C16H24N2O2. The van der Waals surface area contributed by atoms with Gasteiger partial charge in [-0.05, 0) is 36.8 Å². The normalized spacial score (nSPS) is 21.2. The predicted molar refractivity (Wildman–Crippen MR) is 80.8 cm³/mol. The second kappa shape index (κ2) is 6.16. The van der Waals surface area contributed by atoms with E-state index in [1.165, 1.54) is 25.7 Å². The van der Waals surface area contributed by atoms with Crippen LogP contribution in [0.4, 0.5) is 5.69 Å². The molecule has 20 heavy (non-hydrogen) atoms. The standard InChI is InChI=1S/C16H24N2O2/c1-16(2)8-4-6-13(10-16)18-12-5-3-7-14(9-12)20-11-15(17)19/h3,5,7,9,13,18H,4,6,8,10-11H2,1-2H3,(H2,17,19). The lowest BCUT2D eigenvalue weighted by atomic mass is 9.75. The zero-order chi connectivity index (χ0) is 14.6. The van der Waals surface area contributed by atoms with Gasteiger partial charge in [-0.1, -0.05) is 26.3 Å². The Morgan fingerprint density at radius 1 is 1.50 bits per heavy atom. The first-order chi connectivity index (χ1) is 9.44. The molecule has 0 spiro atoms. The van der Waals surface area contributed by atoms with Crippen LogP contribution in [0.15, 0.2) is 24.3 Å². The van der Waals surface area contributed by atoms with Crippen LogP contribution in [-0.2, 0) is 4.79 Å². The molecule has 1 atom stereocenters. The zero-order valence-electron chi connectivity index (χ0n) is 12.3. The Morgan fingerprint density at radius 3 is 3.00 bits per heavy atom. The number of rotatable bonds is 5. The third-order valence-corrected chi connectivity index (χ3v) is 3.79. The highest BCUT2D eigenvalue weighted by atomic mass is 16.5. The molecule has 1 saturated carbocycles. The maximum absolute atomic E-state index is 10.7. The summed E-state index contributed by atoms with van der Waals surface area (Å²) in [5.41, 5.74) is 6.53. The molecule has 0 radical (unpaired) electrons. The summed E-state index contributed by atoms with van der Waals surface area (Å²) in [7, 11) is 0. The number of amides is 1. The molecule has 0 heterocycles. The van der Waals surface area contributed by atoms with E-state index in [1.807, 2.05) is 24.3 Å².